The SMILES string of the molecule is CCN1CCN(S(=O)(=O)c2ccc(C(N)=O)cc2)CC1. The van der Waals surface area contributed by atoms with Crippen LogP contribution in [0.4, 0.5) is 0 Å². The smallest absolute Gasteiger partial charge is 0.248 e. The number of piperazine rings is 1. The number of carbonyl (C=O) groups is 1. The molecule has 0 bridgehead atoms. The third-order valence-electron chi connectivity index (χ3n) is 3.56. The fourth-order valence-corrected chi connectivity index (χ4v) is 3.65. The third kappa shape index (κ3) is 3.00. The average molecular weight is 297 g/mol. The van der Waals surface area contributed by atoms with Gasteiger partial charge in [0.1, 0.15) is 0 Å². The second-order valence-corrected chi connectivity index (χ2v) is 6.66. The van der Waals surface area contributed by atoms with E-state index >= 15 is 0 Å². The van der Waals surface area contributed by atoms with Crippen molar-refractivity contribution in [2.45, 2.75) is 11.8 Å². The second kappa shape index (κ2) is 5.90. The Morgan fingerprint density at radius 2 is 1.70 bits per heavy atom. The molecule has 1 aliphatic heterocycles. The minimum atomic E-state index is -3.48. The summed E-state index contributed by atoms with van der Waals surface area (Å²) in [6.45, 7) is 5.47. The lowest BCUT2D eigenvalue weighted by molar-refractivity contribution is 0.1000. The maximum atomic E-state index is 12.5. The van der Waals surface area contributed by atoms with Crippen molar-refractivity contribution >= 4 is 15.9 Å². The van der Waals surface area contributed by atoms with Gasteiger partial charge in [0.05, 0.1) is 4.90 Å². The predicted molar refractivity (Wildman–Crippen MR) is 75.8 cm³/mol. The third-order valence-corrected chi connectivity index (χ3v) is 5.47. The zero-order valence-corrected chi connectivity index (χ0v) is 12.3. The molecule has 0 spiro atoms. The molecule has 0 aliphatic carbocycles. The predicted octanol–water partition coefficient (Wildman–Crippen LogP) is 0.112. The lowest BCUT2D eigenvalue weighted by atomic mass is 10.2. The Balaban J connectivity index is 2.16. The first kappa shape index (κ1) is 15.0. The molecule has 1 heterocycles. The molecule has 20 heavy (non-hydrogen) atoms. The van der Waals surface area contributed by atoms with Crippen LogP contribution < -0.4 is 5.73 Å². The van der Waals surface area contributed by atoms with Crippen LogP contribution in [0.5, 0.6) is 0 Å². The first-order valence-electron chi connectivity index (χ1n) is 6.57. The zero-order chi connectivity index (χ0) is 14.8. The van der Waals surface area contributed by atoms with Gasteiger partial charge in [-0.1, -0.05) is 6.92 Å². The van der Waals surface area contributed by atoms with E-state index in [4.69, 9.17) is 5.73 Å². The van der Waals surface area contributed by atoms with E-state index in [-0.39, 0.29) is 4.90 Å². The number of sulfonamides is 1. The van der Waals surface area contributed by atoms with Crippen LogP contribution in [0.2, 0.25) is 0 Å². The van der Waals surface area contributed by atoms with Crippen molar-refractivity contribution in [1.29, 1.82) is 0 Å². The summed E-state index contributed by atoms with van der Waals surface area (Å²) in [6, 6.07) is 5.75. The van der Waals surface area contributed by atoms with E-state index < -0.39 is 15.9 Å². The summed E-state index contributed by atoms with van der Waals surface area (Å²) in [6.07, 6.45) is 0. The van der Waals surface area contributed by atoms with E-state index in [0.29, 0.717) is 18.7 Å². The molecule has 2 N–H and O–H groups in total. The van der Waals surface area contributed by atoms with Crippen molar-refractivity contribution in [3.05, 3.63) is 29.8 Å². The summed E-state index contributed by atoms with van der Waals surface area (Å²) in [5, 5.41) is 0. The number of likely N-dealkylation sites (N-methyl/N-ethyl adjacent to an activating group) is 1. The van der Waals surface area contributed by atoms with Crippen LogP contribution in [0.3, 0.4) is 0 Å². The lowest BCUT2D eigenvalue weighted by Gasteiger charge is -2.33. The topological polar surface area (TPSA) is 83.7 Å². The highest BCUT2D eigenvalue weighted by Crippen LogP contribution is 2.18. The van der Waals surface area contributed by atoms with Crippen LogP contribution in [-0.4, -0.2) is 56.3 Å². The minimum absolute atomic E-state index is 0.201. The van der Waals surface area contributed by atoms with Gasteiger partial charge in [0.25, 0.3) is 0 Å². The molecule has 0 saturated carbocycles. The van der Waals surface area contributed by atoms with E-state index in [2.05, 4.69) is 11.8 Å². The van der Waals surface area contributed by atoms with Crippen LogP contribution in [0, 0.1) is 0 Å². The molecule has 1 saturated heterocycles. The van der Waals surface area contributed by atoms with Gasteiger partial charge >= 0.3 is 0 Å². The summed E-state index contributed by atoms with van der Waals surface area (Å²) in [5.74, 6) is -0.564. The van der Waals surface area contributed by atoms with Gasteiger partial charge < -0.3 is 10.6 Å². The van der Waals surface area contributed by atoms with Gasteiger partial charge in [-0.3, -0.25) is 4.79 Å². The van der Waals surface area contributed by atoms with E-state index in [1.807, 2.05) is 0 Å². The number of benzene rings is 1. The molecule has 1 aromatic rings. The number of rotatable bonds is 4. The molecule has 7 heteroatoms. The summed E-state index contributed by atoms with van der Waals surface area (Å²) in [7, 11) is -3.48. The van der Waals surface area contributed by atoms with E-state index in [9.17, 15) is 13.2 Å². The quantitative estimate of drug-likeness (QED) is 0.855. The zero-order valence-electron chi connectivity index (χ0n) is 11.4. The van der Waals surface area contributed by atoms with Gasteiger partial charge in [-0.2, -0.15) is 4.31 Å². The van der Waals surface area contributed by atoms with Crippen LogP contribution in [0.15, 0.2) is 29.2 Å². The minimum Gasteiger partial charge on any atom is -0.366 e. The second-order valence-electron chi connectivity index (χ2n) is 4.73. The number of hydrogen-bond acceptors (Lipinski definition) is 4. The maximum absolute atomic E-state index is 12.5. The number of primary amides is 1. The van der Waals surface area contributed by atoms with E-state index in [1.165, 1.54) is 28.6 Å². The van der Waals surface area contributed by atoms with Crippen molar-refractivity contribution < 1.29 is 13.2 Å². The van der Waals surface area contributed by atoms with Crippen LogP contribution in [0.1, 0.15) is 17.3 Å². The monoisotopic (exact) mass is 297 g/mol. The molecule has 0 unspecified atom stereocenters. The summed E-state index contributed by atoms with van der Waals surface area (Å²) >= 11 is 0. The van der Waals surface area contributed by atoms with Crippen molar-refractivity contribution in [2.24, 2.45) is 5.73 Å². The average Bonchev–Trinajstić information content (AvgIpc) is 2.47. The Hall–Kier alpha value is -1.44. The number of carbonyl (C=O) groups excluding carboxylic acids is 1. The highest BCUT2D eigenvalue weighted by molar-refractivity contribution is 7.89. The Morgan fingerprint density at radius 1 is 1.15 bits per heavy atom. The van der Waals surface area contributed by atoms with Crippen LogP contribution >= 0.6 is 0 Å². The Bertz CT molecular complexity index is 575. The largest absolute Gasteiger partial charge is 0.366 e. The number of nitrogens with zero attached hydrogens (tertiary/aromatic N) is 2. The van der Waals surface area contributed by atoms with Crippen molar-refractivity contribution in [1.82, 2.24) is 9.21 Å². The normalized spacial score (nSPS) is 18.1. The molecular formula is C13H19N3O3S. The highest BCUT2D eigenvalue weighted by Gasteiger charge is 2.27. The molecule has 1 aromatic carbocycles. The van der Waals surface area contributed by atoms with Gasteiger partial charge in [0, 0.05) is 31.7 Å². The number of nitrogens with two attached hydrogens (primary N) is 1. The maximum Gasteiger partial charge on any atom is 0.248 e. The number of hydrogen-bond donors (Lipinski definition) is 1. The number of amides is 1. The fraction of sp³-hybridized carbons (Fsp3) is 0.462. The molecule has 0 radical (unpaired) electrons. The molecule has 110 valence electrons. The molecule has 2 rings (SSSR count). The van der Waals surface area contributed by atoms with Crippen LogP contribution in [-0.2, 0) is 10.0 Å². The molecule has 1 aliphatic rings. The summed E-state index contributed by atoms with van der Waals surface area (Å²) in [4.78, 5) is 13.4. The van der Waals surface area contributed by atoms with Crippen molar-refractivity contribution in [2.75, 3.05) is 32.7 Å². The van der Waals surface area contributed by atoms with Gasteiger partial charge in [-0.15, -0.1) is 0 Å². The lowest BCUT2D eigenvalue weighted by Crippen LogP contribution is -2.48. The van der Waals surface area contributed by atoms with Crippen molar-refractivity contribution in [3.8, 4) is 0 Å². The highest BCUT2D eigenvalue weighted by atomic mass is 32.2. The van der Waals surface area contributed by atoms with Gasteiger partial charge in [0.2, 0.25) is 15.9 Å². The molecule has 1 fully saturated rings. The Morgan fingerprint density at radius 3 is 2.15 bits per heavy atom. The summed E-state index contributed by atoms with van der Waals surface area (Å²) < 4.78 is 26.4. The van der Waals surface area contributed by atoms with E-state index in [0.717, 1.165) is 19.6 Å². The van der Waals surface area contributed by atoms with E-state index in [1.54, 1.807) is 0 Å². The Labute approximate surface area is 119 Å². The fourth-order valence-electron chi connectivity index (χ4n) is 2.23. The molecule has 1 amide bonds. The Kier molecular flexibility index (Phi) is 4.42. The van der Waals surface area contributed by atoms with Gasteiger partial charge in [-0.25, -0.2) is 8.42 Å². The first-order valence-corrected chi connectivity index (χ1v) is 8.01. The standard InChI is InChI=1S/C13H19N3O3S/c1-2-15-7-9-16(10-8-15)20(18,19)12-5-3-11(4-6-12)13(14)17/h3-6H,2,7-10H2,1H3,(H2,14,17). The molecule has 0 aromatic heterocycles. The van der Waals surface area contributed by atoms with Crippen molar-refractivity contribution in [3.63, 3.8) is 0 Å². The molecular weight excluding hydrogens is 278 g/mol. The van der Waals surface area contributed by atoms with Crippen LogP contribution in [0.25, 0.3) is 0 Å². The van der Waals surface area contributed by atoms with Gasteiger partial charge in [-0.05, 0) is 30.8 Å². The molecule has 0 atom stereocenters. The van der Waals surface area contributed by atoms with Gasteiger partial charge in [0.15, 0.2) is 0 Å². The summed E-state index contributed by atoms with van der Waals surface area (Å²) in [5.41, 5.74) is 5.45. The first-order chi connectivity index (χ1) is 9.45. The molecule has 6 nitrogen and oxygen atoms in total.